The molecular formula is C8H16O2S. The minimum Gasteiger partial charge on any atom is -0.465 e. The maximum atomic E-state index is 11.0. The molecule has 66 valence electrons. The molecule has 0 aromatic carbocycles. The molecule has 0 spiro atoms. The van der Waals surface area contributed by atoms with Crippen molar-refractivity contribution in [2.75, 3.05) is 6.61 Å². The van der Waals surface area contributed by atoms with Gasteiger partial charge in [-0.3, -0.25) is 4.79 Å². The molecule has 0 aromatic rings. The fourth-order valence-corrected chi connectivity index (χ4v) is 1.28. The van der Waals surface area contributed by atoms with Crippen molar-refractivity contribution >= 4 is 18.6 Å². The number of esters is 1. The molecular weight excluding hydrogens is 160 g/mol. The lowest BCUT2D eigenvalue weighted by molar-refractivity contribution is -0.142. The van der Waals surface area contributed by atoms with Crippen molar-refractivity contribution in [2.24, 2.45) is 5.92 Å². The zero-order chi connectivity index (χ0) is 8.85. The second-order valence-corrected chi connectivity index (χ2v) is 3.52. The first kappa shape index (κ1) is 10.8. The molecule has 0 aliphatic heterocycles. The highest BCUT2D eigenvalue weighted by atomic mass is 32.1. The van der Waals surface area contributed by atoms with Crippen LogP contribution in [-0.4, -0.2) is 17.8 Å². The number of carbonyl (C=O) groups excluding carboxylic acids is 1. The van der Waals surface area contributed by atoms with Gasteiger partial charge in [0.25, 0.3) is 0 Å². The van der Waals surface area contributed by atoms with E-state index < -0.39 is 0 Å². The Labute approximate surface area is 73.7 Å². The van der Waals surface area contributed by atoms with Crippen LogP contribution in [0.25, 0.3) is 0 Å². The lowest BCUT2D eigenvalue weighted by atomic mass is 10.1. The van der Waals surface area contributed by atoms with E-state index in [1.54, 1.807) is 6.92 Å². The summed E-state index contributed by atoms with van der Waals surface area (Å²) >= 11 is 4.12. The Morgan fingerprint density at radius 2 is 2.09 bits per heavy atom. The molecule has 0 aliphatic rings. The van der Waals surface area contributed by atoms with Crippen LogP contribution in [0.1, 0.15) is 27.2 Å². The third-order valence-electron chi connectivity index (χ3n) is 1.25. The number of thiol groups is 1. The van der Waals surface area contributed by atoms with Gasteiger partial charge < -0.3 is 4.74 Å². The van der Waals surface area contributed by atoms with Crippen LogP contribution in [0.5, 0.6) is 0 Å². The summed E-state index contributed by atoms with van der Waals surface area (Å²) in [5.74, 6) is 0.284. The fourth-order valence-electron chi connectivity index (χ4n) is 0.781. The molecule has 0 rings (SSSR count). The highest BCUT2D eigenvalue weighted by Gasteiger charge is 2.15. The molecule has 0 heterocycles. The number of hydrogen-bond donors (Lipinski definition) is 1. The van der Waals surface area contributed by atoms with E-state index >= 15 is 0 Å². The highest BCUT2D eigenvalue weighted by molar-refractivity contribution is 7.81. The summed E-state index contributed by atoms with van der Waals surface area (Å²) in [6.45, 7) is 6.35. The molecule has 0 N–H and O–H groups in total. The van der Waals surface area contributed by atoms with Crippen molar-refractivity contribution in [1.82, 2.24) is 0 Å². The topological polar surface area (TPSA) is 26.3 Å². The zero-order valence-electron chi connectivity index (χ0n) is 7.33. The maximum Gasteiger partial charge on any atom is 0.318 e. The van der Waals surface area contributed by atoms with Crippen LogP contribution in [0, 0.1) is 5.92 Å². The summed E-state index contributed by atoms with van der Waals surface area (Å²) in [6.07, 6.45) is 0.780. The maximum absolute atomic E-state index is 11.0. The van der Waals surface area contributed by atoms with Crippen LogP contribution in [0.2, 0.25) is 0 Å². The molecule has 0 saturated heterocycles. The smallest absolute Gasteiger partial charge is 0.318 e. The van der Waals surface area contributed by atoms with Crippen LogP contribution in [0.3, 0.4) is 0 Å². The molecule has 0 saturated carbocycles. The molecule has 0 aromatic heterocycles. The quantitative estimate of drug-likeness (QED) is 0.523. The summed E-state index contributed by atoms with van der Waals surface area (Å²) in [6, 6.07) is 0. The van der Waals surface area contributed by atoms with Crippen molar-refractivity contribution in [1.29, 1.82) is 0 Å². The van der Waals surface area contributed by atoms with Gasteiger partial charge in [0.05, 0.1) is 11.9 Å². The molecule has 0 bridgehead atoms. The minimum absolute atomic E-state index is 0.204. The first-order valence-electron chi connectivity index (χ1n) is 3.92. The molecule has 1 atom stereocenters. The van der Waals surface area contributed by atoms with E-state index in [9.17, 15) is 4.79 Å². The number of carbonyl (C=O) groups is 1. The number of hydrogen-bond acceptors (Lipinski definition) is 3. The Morgan fingerprint density at radius 3 is 2.45 bits per heavy atom. The largest absolute Gasteiger partial charge is 0.465 e. The molecule has 0 radical (unpaired) electrons. The summed E-state index contributed by atoms with van der Waals surface area (Å²) in [7, 11) is 0. The monoisotopic (exact) mass is 176 g/mol. The van der Waals surface area contributed by atoms with E-state index in [4.69, 9.17) is 4.74 Å². The fraction of sp³-hybridized carbons (Fsp3) is 0.875. The number of ether oxygens (including phenoxy) is 1. The summed E-state index contributed by atoms with van der Waals surface area (Å²) < 4.78 is 4.79. The Morgan fingerprint density at radius 1 is 1.55 bits per heavy atom. The van der Waals surface area contributed by atoms with E-state index in [-0.39, 0.29) is 11.2 Å². The lowest BCUT2D eigenvalue weighted by Crippen LogP contribution is -2.19. The van der Waals surface area contributed by atoms with Crippen molar-refractivity contribution in [3.8, 4) is 0 Å². The lowest BCUT2D eigenvalue weighted by Gasteiger charge is -2.11. The molecule has 0 amide bonds. The van der Waals surface area contributed by atoms with Crippen LogP contribution in [0.15, 0.2) is 0 Å². The second kappa shape index (κ2) is 5.47. The normalized spacial score (nSPS) is 13.2. The summed E-state index contributed by atoms with van der Waals surface area (Å²) in [4.78, 5) is 11.0. The van der Waals surface area contributed by atoms with E-state index in [0.717, 1.165) is 6.42 Å². The number of rotatable bonds is 4. The summed E-state index contributed by atoms with van der Waals surface area (Å²) in [5.41, 5.74) is 0. The van der Waals surface area contributed by atoms with Crippen LogP contribution < -0.4 is 0 Å². The molecule has 0 fully saturated rings. The van der Waals surface area contributed by atoms with Crippen LogP contribution >= 0.6 is 12.6 Å². The van der Waals surface area contributed by atoms with E-state index in [2.05, 4.69) is 26.5 Å². The van der Waals surface area contributed by atoms with Crippen molar-refractivity contribution in [3.63, 3.8) is 0 Å². The van der Waals surface area contributed by atoms with Crippen molar-refractivity contribution in [2.45, 2.75) is 32.4 Å². The van der Waals surface area contributed by atoms with Gasteiger partial charge in [0.2, 0.25) is 0 Å². The van der Waals surface area contributed by atoms with Gasteiger partial charge in [-0.15, -0.1) is 0 Å². The standard InChI is InChI=1S/C8H16O2S/c1-4-10-8(9)7(11)5-6(2)3/h6-7,11H,4-5H2,1-3H3. The molecule has 0 aliphatic carbocycles. The SMILES string of the molecule is CCOC(=O)C(S)CC(C)C. The molecule has 3 heteroatoms. The second-order valence-electron chi connectivity index (χ2n) is 2.90. The molecule has 1 unspecified atom stereocenters. The molecule has 2 nitrogen and oxygen atoms in total. The predicted octanol–water partition coefficient (Wildman–Crippen LogP) is 1.89. The van der Waals surface area contributed by atoms with Crippen LogP contribution in [0.4, 0.5) is 0 Å². The zero-order valence-corrected chi connectivity index (χ0v) is 8.23. The Balaban J connectivity index is 3.64. The van der Waals surface area contributed by atoms with Crippen molar-refractivity contribution in [3.05, 3.63) is 0 Å². The highest BCUT2D eigenvalue weighted by Crippen LogP contribution is 2.11. The van der Waals surface area contributed by atoms with Gasteiger partial charge in [0, 0.05) is 0 Å². The average Bonchev–Trinajstić information content (AvgIpc) is 1.86. The predicted molar refractivity (Wildman–Crippen MR) is 48.9 cm³/mol. The van der Waals surface area contributed by atoms with Gasteiger partial charge in [0.1, 0.15) is 0 Å². The van der Waals surface area contributed by atoms with E-state index in [0.29, 0.717) is 12.5 Å². The van der Waals surface area contributed by atoms with Gasteiger partial charge in [-0.2, -0.15) is 12.6 Å². The first-order chi connectivity index (χ1) is 5.07. The Hall–Kier alpha value is -0.180. The van der Waals surface area contributed by atoms with E-state index in [1.165, 1.54) is 0 Å². The Bertz CT molecular complexity index is 123. The van der Waals surface area contributed by atoms with Crippen LogP contribution in [-0.2, 0) is 9.53 Å². The third kappa shape index (κ3) is 5.13. The minimum atomic E-state index is -0.255. The van der Waals surface area contributed by atoms with Gasteiger partial charge in [0.15, 0.2) is 0 Å². The first-order valence-corrected chi connectivity index (χ1v) is 4.44. The van der Waals surface area contributed by atoms with E-state index in [1.807, 2.05) is 0 Å². The molecule has 11 heavy (non-hydrogen) atoms. The van der Waals surface area contributed by atoms with Gasteiger partial charge >= 0.3 is 5.97 Å². The third-order valence-corrected chi connectivity index (χ3v) is 1.67. The van der Waals surface area contributed by atoms with Gasteiger partial charge in [-0.1, -0.05) is 13.8 Å². The van der Waals surface area contributed by atoms with Gasteiger partial charge in [-0.25, -0.2) is 0 Å². The van der Waals surface area contributed by atoms with Crippen molar-refractivity contribution < 1.29 is 9.53 Å². The Kier molecular flexibility index (Phi) is 5.38. The average molecular weight is 176 g/mol. The van der Waals surface area contributed by atoms with Gasteiger partial charge in [-0.05, 0) is 19.3 Å². The summed E-state index contributed by atoms with van der Waals surface area (Å²) in [5, 5.41) is -0.255.